The first-order valence-electron chi connectivity index (χ1n) is 4.51. The van der Waals surface area contributed by atoms with Gasteiger partial charge in [0.2, 0.25) is 0 Å². The zero-order chi connectivity index (χ0) is 10.1. The Morgan fingerprint density at radius 3 is 2.62 bits per heavy atom. The third-order valence-electron chi connectivity index (χ3n) is 2.89. The van der Waals surface area contributed by atoms with Crippen molar-refractivity contribution in [3.63, 3.8) is 0 Å². The van der Waals surface area contributed by atoms with E-state index in [4.69, 9.17) is 0 Å². The van der Waals surface area contributed by atoms with Crippen molar-refractivity contribution in [2.45, 2.75) is 33.6 Å². The maximum Gasteiger partial charge on any atom is 0.158 e. The SMILES string of the molecule is CC1=C(CN=O)C(C)(C)CCC1=O. The largest absolute Gasteiger partial charge is 0.295 e. The molecule has 0 aliphatic heterocycles. The van der Waals surface area contributed by atoms with Crippen molar-refractivity contribution in [1.29, 1.82) is 0 Å². The van der Waals surface area contributed by atoms with E-state index in [9.17, 15) is 9.70 Å². The van der Waals surface area contributed by atoms with Crippen molar-refractivity contribution >= 4 is 5.78 Å². The standard InChI is InChI=1S/C10H15NO2/c1-7-8(6-11-13)10(2,3)5-4-9(7)12/h4-6H2,1-3H3. The molecule has 0 atom stereocenters. The summed E-state index contributed by atoms with van der Waals surface area (Å²) in [6.45, 7) is 6.07. The van der Waals surface area contributed by atoms with E-state index >= 15 is 0 Å². The molecule has 0 aromatic carbocycles. The summed E-state index contributed by atoms with van der Waals surface area (Å²) in [5.41, 5.74) is 1.63. The van der Waals surface area contributed by atoms with Crippen LogP contribution in [-0.2, 0) is 4.79 Å². The van der Waals surface area contributed by atoms with Gasteiger partial charge in [0.15, 0.2) is 5.78 Å². The molecule has 0 amide bonds. The van der Waals surface area contributed by atoms with Crippen LogP contribution in [0.4, 0.5) is 0 Å². The van der Waals surface area contributed by atoms with E-state index in [2.05, 4.69) is 19.0 Å². The number of carbonyl (C=O) groups excluding carboxylic acids is 1. The zero-order valence-electron chi connectivity index (χ0n) is 8.39. The Morgan fingerprint density at radius 2 is 2.08 bits per heavy atom. The predicted octanol–water partition coefficient (Wildman–Crippen LogP) is 2.46. The number of ketones is 1. The van der Waals surface area contributed by atoms with Crippen molar-refractivity contribution in [3.05, 3.63) is 16.1 Å². The van der Waals surface area contributed by atoms with Crippen LogP contribution in [0.1, 0.15) is 33.6 Å². The summed E-state index contributed by atoms with van der Waals surface area (Å²) in [5.74, 6) is 0.165. The van der Waals surface area contributed by atoms with E-state index in [1.807, 2.05) is 0 Å². The molecule has 72 valence electrons. The van der Waals surface area contributed by atoms with Crippen LogP contribution in [0.25, 0.3) is 0 Å². The smallest absolute Gasteiger partial charge is 0.158 e. The van der Waals surface area contributed by atoms with Gasteiger partial charge in [0.05, 0.1) is 0 Å². The van der Waals surface area contributed by atoms with Gasteiger partial charge in [0, 0.05) is 6.42 Å². The number of nitroso groups, excluding NO2 is 1. The summed E-state index contributed by atoms with van der Waals surface area (Å²) in [6.07, 6.45) is 1.43. The van der Waals surface area contributed by atoms with E-state index in [1.165, 1.54) is 0 Å². The third kappa shape index (κ3) is 1.85. The molecule has 0 spiro atoms. The van der Waals surface area contributed by atoms with Crippen LogP contribution in [0.2, 0.25) is 0 Å². The second-order valence-electron chi connectivity index (χ2n) is 4.20. The molecule has 0 radical (unpaired) electrons. The maximum atomic E-state index is 11.4. The molecule has 0 saturated carbocycles. The highest BCUT2D eigenvalue weighted by Gasteiger charge is 2.31. The van der Waals surface area contributed by atoms with E-state index in [-0.39, 0.29) is 17.7 Å². The highest BCUT2D eigenvalue weighted by Crippen LogP contribution is 2.38. The third-order valence-corrected chi connectivity index (χ3v) is 2.89. The fourth-order valence-corrected chi connectivity index (χ4v) is 1.84. The maximum absolute atomic E-state index is 11.4. The molecule has 1 aliphatic rings. The minimum absolute atomic E-state index is 0.0358. The quantitative estimate of drug-likeness (QED) is 0.614. The summed E-state index contributed by atoms with van der Waals surface area (Å²) in [5, 5.41) is 2.88. The van der Waals surface area contributed by atoms with Crippen LogP contribution >= 0.6 is 0 Å². The van der Waals surface area contributed by atoms with Gasteiger partial charge in [-0.3, -0.25) is 4.79 Å². The van der Waals surface area contributed by atoms with Crippen molar-refractivity contribution in [2.24, 2.45) is 10.6 Å². The highest BCUT2D eigenvalue weighted by atomic mass is 16.3. The number of Topliss-reactive ketones (excluding diaryl/α,β-unsaturated/α-hetero) is 1. The number of allylic oxidation sites excluding steroid dienone is 1. The molecule has 3 nitrogen and oxygen atoms in total. The fourth-order valence-electron chi connectivity index (χ4n) is 1.84. The minimum atomic E-state index is -0.0358. The second-order valence-corrected chi connectivity index (χ2v) is 4.20. The topological polar surface area (TPSA) is 46.5 Å². The Kier molecular flexibility index (Phi) is 2.64. The monoisotopic (exact) mass is 181 g/mol. The van der Waals surface area contributed by atoms with Crippen LogP contribution < -0.4 is 0 Å². The van der Waals surface area contributed by atoms with Crippen molar-refractivity contribution < 1.29 is 4.79 Å². The molecule has 1 rings (SSSR count). The van der Waals surface area contributed by atoms with Crippen molar-refractivity contribution in [2.75, 3.05) is 6.54 Å². The van der Waals surface area contributed by atoms with Crippen LogP contribution in [-0.4, -0.2) is 12.3 Å². The molecule has 0 saturated heterocycles. The van der Waals surface area contributed by atoms with Gasteiger partial charge in [0.25, 0.3) is 0 Å². The van der Waals surface area contributed by atoms with Gasteiger partial charge in [-0.05, 0) is 29.9 Å². The molecule has 0 bridgehead atoms. The summed E-state index contributed by atoms with van der Waals surface area (Å²) < 4.78 is 0. The molecule has 13 heavy (non-hydrogen) atoms. The Bertz CT molecular complexity index is 277. The summed E-state index contributed by atoms with van der Waals surface area (Å²) >= 11 is 0. The molecule has 0 fully saturated rings. The second kappa shape index (κ2) is 3.40. The lowest BCUT2D eigenvalue weighted by atomic mass is 9.72. The van der Waals surface area contributed by atoms with Crippen LogP contribution in [0.15, 0.2) is 16.3 Å². The Hall–Kier alpha value is -0.990. The summed E-state index contributed by atoms with van der Waals surface area (Å²) in [4.78, 5) is 21.6. The van der Waals surface area contributed by atoms with Gasteiger partial charge < -0.3 is 0 Å². The zero-order valence-corrected chi connectivity index (χ0v) is 8.39. The average Bonchev–Trinajstić information content (AvgIpc) is 2.07. The fraction of sp³-hybridized carbons (Fsp3) is 0.700. The molecular weight excluding hydrogens is 166 g/mol. The molecule has 1 aliphatic carbocycles. The Labute approximate surface area is 78.2 Å². The Balaban J connectivity index is 3.09. The lowest BCUT2D eigenvalue weighted by molar-refractivity contribution is -0.116. The number of hydrogen-bond donors (Lipinski definition) is 0. The van der Waals surface area contributed by atoms with Crippen LogP contribution in [0.5, 0.6) is 0 Å². The van der Waals surface area contributed by atoms with Gasteiger partial charge >= 0.3 is 0 Å². The molecule has 0 N–H and O–H groups in total. The van der Waals surface area contributed by atoms with E-state index in [0.29, 0.717) is 6.42 Å². The van der Waals surface area contributed by atoms with Gasteiger partial charge in [-0.1, -0.05) is 19.0 Å². The summed E-state index contributed by atoms with van der Waals surface area (Å²) in [6, 6.07) is 0. The van der Waals surface area contributed by atoms with Crippen molar-refractivity contribution in [3.8, 4) is 0 Å². The molecule has 3 heteroatoms. The number of carbonyl (C=O) groups is 1. The Morgan fingerprint density at radius 1 is 1.46 bits per heavy atom. The summed E-state index contributed by atoms with van der Waals surface area (Å²) in [7, 11) is 0. The van der Waals surface area contributed by atoms with Gasteiger partial charge in [-0.2, -0.15) is 4.91 Å². The van der Waals surface area contributed by atoms with E-state index in [1.54, 1.807) is 6.92 Å². The average molecular weight is 181 g/mol. The molecule has 0 unspecified atom stereocenters. The van der Waals surface area contributed by atoms with E-state index < -0.39 is 0 Å². The molecule has 0 heterocycles. The molecule has 0 aromatic rings. The number of nitrogens with zero attached hydrogens (tertiary/aromatic N) is 1. The first kappa shape index (κ1) is 10.1. The predicted molar refractivity (Wildman–Crippen MR) is 51.4 cm³/mol. The van der Waals surface area contributed by atoms with E-state index in [0.717, 1.165) is 17.6 Å². The molecular formula is C10H15NO2. The molecule has 0 aromatic heterocycles. The number of rotatable bonds is 2. The lowest BCUT2D eigenvalue weighted by Crippen LogP contribution is -2.26. The number of hydrogen-bond acceptors (Lipinski definition) is 3. The van der Waals surface area contributed by atoms with Gasteiger partial charge in [-0.25, -0.2) is 0 Å². The highest BCUT2D eigenvalue weighted by molar-refractivity contribution is 5.96. The van der Waals surface area contributed by atoms with Crippen molar-refractivity contribution in [1.82, 2.24) is 0 Å². The first-order chi connectivity index (χ1) is 5.99. The van der Waals surface area contributed by atoms with Gasteiger partial charge in [0.1, 0.15) is 6.54 Å². The minimum Gasteiger partial charge on any atom is -0.295 e. The van der Waals surface area contributed by atoms with Crippen LogP contribution in [0, 0.1) is 10.3 Å². The van der Waals surface area contributed by atoms with Gasteiger partial charge in [-0.15, -0.1) is 0 Å². The lowest BCUT2D eigenvalue weighted by Gasteiger charge is -2.32. The van der Waals surface area contributed by atoms with Crippen LogP contribution in [0.3, 0.4) is 0 Å². The normalized spacial score (nSPS) is 21.9. The first-order valence-corrected chi connectivity index (χ1v) is 4.51.